The summed E-state index contributed by atoms with van der Waals surface area (Å²) < 4.78 is 29.3. The van der Waals surface area contributed by atoms with Crippen molar-refractivity contribution >= 4 is 35.8 Å². The quantitative estimate of drug-likeness (QED) is 0.0470. The number of hydrogen-bond acceptors (Lipinski definition) is 12. The summed E-state index contributed by atoms with van der Waals surface area (Å²) in [7, 11) is 0. The Kier molecular flexibility index (Phi) is 19.7. The topological polar surface area (TPSA) is 158 Å². The fourth-order valence-corrected chi connectivity index (χ4v) is 2.81. The standard InChI is InChI=1S/C28H40O12/c1-6-35-23(29)20(3)25(31)37-16-12-8-10-14-18-39-27(33)22(5)28(34)40-19-15-11-9-13-17-38-26(32)21(4)24(30)36-7-2/h3-19H2,1-2H3. The molecule has 0 aliphatic rings. The Morgan fingerprint density at radius 2 is 0.575 bits per heavy atom. The third-order valence-electron chi connectivity index (χ3n) is 5.04. The van der Waals surface area contributed by atoms with Crippen LogP contribution in [0.2, 0.25) is 0 Å². The van der Waals surface area contributed by atoms with Gasteiger partial charge in [-0.1, -0.05) is 19.7 Å². The van der Waals surface area contributed by atoms with Gasteiger partial charge in [-0.25, -0.2) is 28.8 Å². The highest BCUT2D eigenvalue weighted by Crippen LogP contribution is 2.07. The van der Waals surface area contributed by atoms with Crippen LogP contribution in [-0.2, 0) is 57.2 Å². The maximum Gasteiger partial charge on any atom is 0.344 e. The number of carbonyl (C=O) groups excluding carboxylic acids is 6. The van der Waals surface area contributed by atoms with Crippen molar-refractivity contribution in [1.82, 2.24) is 0 Å². The van der Waals surface area contributed by atoms with Gasteiger partial charge in [0.25, 0.3) is 0 Å². The fourth-order valence-electron chi connectivity index (χ4n) is 2.81. The van der Waals surface area contributed by atoms with Crippen molar-refractivity contribution in [1.29, 1.82) is 0 Å². The third kappa shape index (κ3) is 16.1. The highest BCUT2D eigenvalue weighted by Gasteiger charge is 2.20. The second-order valence-corrected chi connectivity index (χ2v) is 8.25. The average molecular weight is 569 g/mol. The molecule has 12 nitrogen and oxygen atoms in total. The summed E-state index contributed by atoms with van der Waals surface area (Å²) in [6.07, 6.45) is 4.89. The maximum atomic E-state index is 11.9. The van der Waals surface area contributed by atoms with Crippen molar-refractivity contribution in [2.75, 3.05) is 39.6 Å². The number of unbranched alkanes of at least 4 members (excludes halogenated alkanes) is 6. The molecule has 0 heterocycles. The van der Waals surface area contributed by atoms with Crippen LogP contribution in [-0.4, -0.2) is 75.5 Å². The second-order valence-electron chi connectivity index (χ2n) is 8.25. The zero-order valence-corrected chi connectivity index (χ0v) is 23.4. The molecule has 0 radical (unpaired) electrons. The lowest BCUT2D eigenvalue weighted by molar-refractivity contribution is -0.149. The Labute approximate surface area is 234 Å². The van der Waals surface area contributed by atoms with Gasteiger partial charge in [0.15, 0.2) is 0 Å². The molecule has 224 valence electrons. The van der Waals surface area contributed by atoms with E-state index in [1.807, 2.05) is 0 Å². The van der Waals surface area contributed by atoms with Crippen LogP contribution in [0.4, 0.5) is 0 Å². The average Bonchev–Trinajstić information content (AvgIpc) is 2.94. The van der Waals surface area contributed by atoms with Gasteiger partial charge in [0.2, 0.25) is 0 Å². The van der Waals surface area contributed by atoms with E-state index >= 15 is 0 Å². The van der Waals surface area contributed by atoms with Gasteiger partial charge in [0.1, 0.15) is 16.7 Å². The lowest BCUT2D eigenvalue weighted by Gasteiger charge is -2.09. The first kappa shape index (κ1) is 36.0. The predicted octanol–water partition coefficient (Wildman–Crippen LogP) is 3.07. The van der Waals surface area contributed by atoms with Crippen LogP contribution in [0.15, 0.2) is 36.5 Å². The smallest absolute Gasteiger partial charge is 0.344 e. The fraction of sp³-hybridized carbons (Fsp3) is 0.571. The maximum absolute atomic E-state index is 11.9. The first-order valence-corrected chi connectivity index (χ1v) is 13.2. The molecular weight excluding hydrogens is 528 g/mol. The highest BCUT2D eigenvalue weighted by atomic mass is 16.6. The summed E-state index contributed by atoms with van der Waals surface area (Å²) >= 11 is 0. The van der Waals surface area contributed by atoms with E-state index < -0.39 is 41.4 Å². The van der Waals surface area contributed by atoms with Gasteiger partial charge in [-0.15, -0.1) is 0 Å². The molecule has 0 atom stereocenters. The van der Waals surface area contributed by atoms with E-state index in [4.69, 9.17) is 18.9 Å². The normalized spacial score (nSPS) is 10.1. The summed E-state index contributed by atoms with van der Waals surface area (Å²) in [6, 6.07) is 0. The highest BCUT2D eigenvalue weighted by molar-refractivity contribution is 6.14. The van der Waals surface area contributed by atoms with Crippen LogP contribution in [0, 0.1) is 0 Å². The molecule has 0 aromatic heterocycles. The molecule has 0 N–H and O–H groups in total. The van der Waals surface area contributed by atoms with E-state index in [1.54, 1.807) is 13.8 Å². The van der Waals surface area contributed by atoms with Crippen molar-refractivity contribution in [3.63, 3.8) is 0 Å². The molecule has 0 amide bonds. The molecule has 0 unspecified atom stereocenters. The lowest BCUT2D eigenvalue weighted by atomic mass is 10.2. The molecule has 0 fully saturated rings. The molecule has 0 aromatic carbocycles. The van der Waals surface area contributed by atoms with Gasteiger partial charge in [-0.3, -0.25) is 0 Å². The Balaban J connectivity index is 3.81. The monoisotopic (exact) mass is 568 g/mol. The first-order chi connectivity index (χ1) is 19.1. The summed E-state index contributed by atoms with van der Waals surface area (Å²) in [6.45, 7) is 14.0. The van der Waals surface area contributed by atoms with Crippen molar-refractivity contribution in [3.05, 3.63) is 36.5 Å². The molecule has 12 heteroatoms. The van der Waals surface area contributed by atoms with Gasteiger partial charge in [0.05, 0.1) is 39.6 Å². The molecule has 40 heavy (non-hydrogen) atoms. The summed E-state index contributed by atoms with van der Waals surface area (Å²) in [5.41, 5.74) is -1.11. The van der Waals surface area contributed by atoms with E-state index in [0.29, 0.717) is 51.4 Å². The SMILES string of the molecule is C=C(C(=O)OCC)C(=O)OCCCCCCOC(=O)C(=C)C(=O)OCCCCCCOC(=O)C(=C)C(=O)OCC. The van der Waals surface area contributed by atoms with E-state index in [2.05, 4.69) is 29.2 Å². The summed E-state index contributed by atoms with van der Waals surface area (Å²) in [5.74, 6) is -4.98. The van der Waals surface area contributed by atoms with Crippen LogP contribution in [0.25, 0.3) is 0 Å². The first-order valence-electron chi connectivity index (χ1n) is 13.2. The van der Waals surface area contributed by atoms with Crippen LogP contribution >= 0.6 is 0 Å². The Hall–Kier alpha value is -3.96. The van der Waals surface area contributed by atoms with E-state index in [-0.39, 0.29) is 50.8 Å². The van der Waals surface area contributed by atoms with Gasteiger partial charge >= 0.3 is 35.8 Å². The minimum Gasteiger partial charge on any atom is -0.462 e. The minimum absolute atomic E-state index is 0.0856. The van der Waals surface area contributed by atoms with Crippen LogP contribution in [0.1, 0.15) is 65.2 Å². The molecule has 0 aliphatic heterocycles. The molecular formula is C28H40O12. The van der Waals surface area contributed by atoms with Gasteiger partial charge < -0.3 is 28.4 Å². The van der Waals surface area contributed by atoms with E-state index in [0.717, 1.165) is 0 Å². The Bertz CT molecular complexity index is 846. The van der Waals surface area contributed by atoms with Crippen molar-refractivity contribution < 1.29 is 57.2 Å². The minimum atomic E-state index is -0.859. The van der Waals surface area contributed by atoms with Crippen LogP contribution in [0.3, 0.4) is 0 Å². The van der Waals surface area contributed by atoms with Gasteiger partial charge in [-0.05, 0) is 65.2 Å². The van der Waals surface area contributed by atoms with Gasteiger partial charge in [-0.2, -0.15) is 0 Å². The van der Waals surface area contributed by atoms with Crippen LogP contribution in [0.5, 0.6) is 0 Å². The molecule has 0 bridgehead atoms. The number of hydrogen-bond donors (Lipinski definition) is 0. The van der Waals surface area contributed by atoms with Crippen molar-refractivity contribution in [3.8, 4) is 0 Å². The Morgan fingerprint density at radius 1 is 0.375 bits per heavy atom. The zero-order chi connectivity index (χ0) is 30.3. The number of carbonyl (C=O) groups is 6. The largest absolute Gasteiger partial charge is 0.462 e. The Morgan fingerprint density at radius 3 is 0.775 bits per heavy atom. The summed E-state index contributed by atoms with van der Waals surface area (Å²) in [5, 5.41) is 0. The molecule has 0 aliphatic carbocycles. The van der Waals surface area contributed by atoms with Crippen molar-refractivity contribution in [2.45, 2.75) is 65.2 Å². The summed E-state index contributed by atoms with van der Waals surface area (Å²) in [4.78, 5) is 69.9. The molecule has 0 aromatic rings. The van der Waals surface area contributed by atoms with Gasteiger partial charge in [0, 0.05) is 0 Å². The number of ether oxygens (including phenoxy) is 6. The molecule has 0 rings (SSSR count). The number of rotatable bonds is 22. The van der Waals surface area contributed by atoms with E-state index in [1.165, 1.54) is 0 Å². The molecule has 0 saturated heterocycles. The predicted molar refractivity (Wildman–Crippen MR) is 141 cm³/mol. The zero-order valence-electron chi connectivity index (χ0n) is 23.4. The lowest BCUT2D eigenvalue weighted by Crippen LogP contribution is -2.18. The van der Waals surface area contributed by atoms with Crippen LogP contribution < -0.4 is 0 Å². The second kappa shape index (κ2) is 21.9. The van der Waals surface area contributed by atoms with E-state index in [9.17, 15) is 28.8 Å². The number of esters is 6. The molecule has 0 saturated carbocycles. The molecule has 0 spiro atoms. The van der Waals surface area contributed by atoms with Crippen molar-refractivity contribution in [2.24, 2.45) is 0 Å². The third-order valence-corrected chi connectivity index (χ3v) is 5.04.